The molecule has 0 atom stereocenters. The van der Waals surface area contributed by atoms with E-state index >= 15 is 0 Å². The largest absolute Gasteiger partial charge is 0.368 e. The van der Waals surface area contributed by atoms with Gasteiger partial charge in [0, 0.05) is 52.4 Å². The maximum absolute atomic E-state index is 5.41. The number of halogens is 2. The molecule has 0 saturated carbocycles. The molecule has 1 aromatic rings. The van der Waals surface area contributed by atoms with Gasteiger partial charge in [0.15, 0.2) is 0 Å². The van der Waals surface area contributed by atoms with E-state index in [9.17, 15) is 0 Å². The highest BCUT2D eigenvalue weighted by Crippen LogP contribution is 2.11. The van der Waals surface area contributed by atoms with Crippen LogP contribution in [0.4, 0.5) is 0 Å². The molecule has 1 fully saturated rings. The number of piperazine rings is 1. The molecule has 0 amide bonds. The van der Waals surface area contributed by atoms with Crippen molar-refractivity contribution >= 4 is 42.0 Å². The summed E-state index contributed by atoms with van der Waals surface area (Å²) >= 11 is 5.41. The average Bonchev–Trinajstić information content (AvgIpc) is 2.39. The third kappa shape index (κ3) is 5.54. The van der Waals surface area contributed by atoms with E-state index in [1.165, 1.54) is 5.56 Å². The maximum atomic E-state index is 5.41. The summed E-state index contributed by atoms with van der Waals surface area (Å²) in [6.07, 6.45) is 0. The van der Waals surface area contributed by atoms with Crippen molar-refractivity contribution in [2.75, 3.05) is 40.3 Å². The van der Waals surface area contributed by atoms with Gasteiger partial charge in [-0.25, -0.2) is 0 Å². The lowest BCUT2D eigenvalue weighted by Crippen LogP contribution is -2.42. The van der Waals surface area contributed by atoms with Gasteiger partial charge in [0.05, 0.1) is 0 Å². The van der Waals surface area contributed by atoms with Gasteiger partial charge >= 0.3 is 0 Å². The summed E-state index contributed by atoms with van der Waals surface area (Å²) in [6, 6.07) is 8.58. The predicted molar refractivity (Wildman–Crippen MR) is 94.5 cm³/mol. The zero-order chi connectivity index (χ0) is 13.0. The Hall–Kier alpha value is -0.390. The van der Waals surface area contributed by atoms with Crippen LogP contribution in [0.2, 0.25) is 0 Å². The Labute approximate surface area is 139 Å². The molecule has 1 N–H and O–H groups in total. The predicted octanol–water partition coefficient (Wildman–Crippen LogP) is 2.17. The summed E-state index contributed by atoms with van der Waals surface area (Å²) in [5.74, 6) is 0. The summed E-state index contributed by atoms with van der Waals surface area (Å²) in [5, 5.41) is 3.38. The molecule has 1 saturated heterocycles. The van der Waals surface area contributed by atoms with Crippen molar-refractivity contribution in [3.63, 3.8) is 0 Å². The second kappa shape index (κ2) is 9.53. The first-order valence-electron chi connectivity index (χ1n) is 6.40. The lowest BCUT2D eigenvalue weighted by molar-refractivity contribution is 0.233. The molecular formula is C14H23Cl2N3S. The van der Waals surface area contributed by atoms with Crippen molar-refractivity contribution in [3.8, 4) is 0 Å². The van der Waals surface area contributed by atoms with E-state index < -0.39 is 0 Å². The molecule has 1 aromatic carbocycles. The normalized spacial score (nSPS) is 14.9. The van der Waals surface area contributed by atoms with Gasteiger partial charge in [-0.15, -0.1) is 24.8 Å². The van der Waals surface area contributed by atoms with Crippen molar-refractivity contribution in [1.29, 1.82) is 0 Å². The highest BCUT2D eigenvalue weighted by molar-refractivity contribution is 7.80. The molecule has 114 valence electrons. The highest BCUT2D eigenvalue weighted by Gasteiger charge is 2.10. The fraction of sp³-hybridized carbons (Fsp3) is 0.500. The van der Waals surface area contributed by atoms with E-state index in [2.05, 4.69) is 34.5 Å². The van der Waals surface area contributed by atoms with E-state index in [1.807, 2.05) is 19.0 Å². The van der Waals surface area contributed by atoms with Gasteiger partial charge in [-0.3, -0.25) is 4.90 Å². The zero-order valence-electron chi connectivity index (χ0n) is 12.0. The SMILES string of the molecule is CN(C)C(=S)c1cccc(CN2CCNCC2)c1.Cl.Cl. The zero-order valence-corrected chi connectivity index (χ0v) is 14.4. The van der Waals surface area contributed by atoms with E-state index in [0.29, 0.717) is 0 Å². The number of nitrogens with zero attached hydrogens (tertiary/aromatic N) is 2. The van der Waals surface area contributed by atoms with Crippen molar-refractivity contribution in [2.24, 2.45) is 0 Å². The van der Waals surface area contributed by atoms with E-state index in [4.69, 9.17) is 12.2 Å². The van der Waals surface area contributed by atoms with Gasteiger partial charge in [0.1, 0.15) is 4.99 Å². The van der Waals surface area contributed by atoms with Crippen LogP contribution in [0.5, 0.6) is 0 Å². The van der Waals surface area contributed by atoms with Gasteiger partial charge in [-0.1, -0.05) is 30.4 Å². The summed E-state index contributed by atoms with van der Waals surface area (Å²) in [5.41, 5.74) is 2.49. The van der Waals surface area contributed by atoms with Crippen LogP contribution in [-0.2, 0) is 6.54 Å². The Morgan fingerprint density at radius 2 is 1.90 bits per heavy atom. The number of thiocarbonyl (C=S) groups is 1. The number of nitrogens with one attached hydrogen (secondary N) is 1. The first kappa shape index (κ1) is 19.6. The lowest BCUT2D eigenvalue weighted by Gasteiger charge is -2.27. The Morgan fingerprint density at radius 3 is 2.50 bits per heavy atom. The van der Waals surface area contributed by atoms with Crippen LogP contribution in [0.25, 0.3) is 0 Å². The van der Waals surface area contributed by atoms with Crippen LogP contribution in [0.1, 0.15) is 11.1 Å². The van der Waals surface area contributed by atoms with Crippen LogP contribution in [-0.4, -0.2) is 55.1 Å². The molecule has 3 nitrogen and oxygen atoms in total. The fourth-order valence-corrected chi connectivity index (χ4v) is 2.32. The Balaban J connectivity index is 0.00000180. The first-order chi connectivity index (χ1) is 8.66. The quantitative estimate of drug-likeness (QED) is 0.853. The Bertz CT molecular complexity index is 421. The van der Waals surface area contributed by atoms with Crippen molar-refractivity contribution in [2.45, 2.75) is 6.54 Å². The standard InChI is InChI=1S/C14H21N3S.2ClH/c1-16(2)14(18)13-5-3-4-12(10-13)11-17-8-6-15-7-9-17;;/h3-5,10,15H,6-9,11H2,1-2H3;2*1H. The van der Waals surface area contributed by atoms with Crippen LogP contribution in [0.3, 0.4) is 0 Å². The average molecular weight is 336 g/mol. The summed E-state index contributed by atoms with van der Waals surface area (Å²) in [7, 11) is 3.98. The number of hydrogen-bond acceptors (Lipinski definition) is 3. The van der Waals surface area contributed by atoms with Gasteiger partial charge in [0.25, 0.3) is 0 Å². The molecule has 20 heavy (non-hydrogen) atoms. The molecule has 0 aromatic heterocycles. The summed E-state index contributed by atoms with van der Waals surface area (Å²) in [6.45, 7) is 5.46. The molecule has 0 radical (unpaired) electrons. The topological polar surface area (TPSA) is 18.5 Å². The molecule has 1 aliphatic rings. The van der Waals surface area contributed by atoms with Gasteiger partial charge in [0.2, 0.25) is 0 Å². The third-order valence-electron chi connectivity index (χ3n) is 3.20. The van der Waals surface area contributed by atoms with Crippen molar-refractivity contribution in [3.05, 3.63) is 35.4 Å². The minimum Gasteiger partial charge on any atom is -0.368 e. The van der Waals surface area contributed by atoms with Crippen LogP contribution >= 0.6 is 37.0 Å². The Morgan fingerprint density at radius 1 is 1.25 bits per heavy atom. The lowest BCUT2D eigenvalue weighted by atomic mass is 10.1. The molecular weight excluding hydrogens is 313 g/mol. The van der Waals surface area contributed by atoms with Crippen LogP contribution in [0.15, 0.2) is 24.3 Å². The molecule has 0 unspecified atom stereocenters. The summed E-state index contributed by atoms with van der Waals surface area (Å²) < 4.78 is 0. The summed E-state index contributed by atoms with van der Waals surface area (Å²) in [4.78, 5) is 5.37. The minimum absolute atomic E-state index is 0. The fourth-order valence-electron chi connectivity index (χ4n) is 2.19. The second-order valence-corrected chi connectivity index (χ2v) is 5.31. The molecule has 6 heteroatoms. The van der Waals surface area contributed by atoms with Crippen molar-refractivity contribution in [1.82, 2.24) is 15.1 Å². The molecule has 0 aliphatic carbocycles. The van der Waals surface area contributed by atoms with Gasteiger partial charge in [-0.2, -0.15) is 0 Å². The number of hydrogen-bond donors (Lipinski definition) is 1. The first-order valence-corrected chi connectivity index (χ1v) is 6.81. The molecule has 0 bridgehead atoms. The number of benzene rings is 1. The minimum atomic E-state index is 0. The smallest absolute Gasteiger partial charge is 0.108 e. The molecule has 1 aliphatic heterocycles. The van der Waals surface area contributed by atoms with Gasteiger partial charge < -0.3 is 10.2 Å². The molecule has 2 rings (SSSR count). The Kier molecular flexibility index (Phi) is 9.34. The number of rotatable bonds is 3. The van der Waals surface area contributed by atoms with Gasteiger partial charge in [-0.05, 0) is 11.6 Å². The monoisotopic (exact) mass is 335 g/mol. The second-order valence-electron chi connectivity index (χ2n) is 4.93. The van der Waals surface area contributed by atoms with Crippen LogP contribution in [0, 0.1) is 0 Å². The van der Waals surface area contributed by atoms with Crippen LogP contribution < -0.4 is 5.32 Å². The van der Waals surface area contributed by atoms with E-state index in [1.54, 1.807) is 0 Å². The van der Waals surface area contributed by atoms with E-state index in [-0.39, 0.29) is 24.8 Å². The third-order valence-corrected chi connectivity index (χ3v) is 3.80. The maximum Gasteiger partial charge on any atom is 0.108 e. The molecule has 1 heterocycles. The van der Waals surface area contributed by atoms with Crippen molar-refractivity contribution < 1.29 is 0 Å². The van der Waals surface area contributed by atoms with E-state index in [0.717, 1.165) is 43.3 Å². The highest BCUT2D eigenvalue weighted by atomic mass is 35.5. The molecule has 0 spiro atoms.